The van der Waals surface area contributed by atoms with Crippen LogP contribution >= 0.6 is 0 Å². The monoisotopic (exact) mass is 256 g/mol. The van der Waals surface area contributed by atoms with Gasteiger partial charge in [-0.3, -0.25) is 14.8 Å². The fraction of sp³-hybridized carbons (Fsp3) is 0. The lowest BCUT2D eigenvalue weighted by molar-refractivity contribution is 1.03. The predicted octanol–water partition coefficient (Wildman–Crippen LogP) is 0.932. The van der Waals surface area contributed by atoms with Crippen molar-refractivity contribution in [1.82, 2.24) is 9.97 Å². The summed E-state index contributed by atoms with van der Waals surface area (Å²) in [5, 5.41) is 16.1. The number of aromatic nitrogens is 2. The Labute approximate surface area is 106 Å². The number of benzene rings is 1. The SMILES string of the molecule is N#Cc1ccc(N=Nc2c(N)[nH]c(=O)[nH]c2=O)cc1. The number of nitriles is 1. The Morgan fingerprint density at radius 3 is 2.37 bits per heavy atom. The molecule has 1 aromatic heterocycles. The van der Waals surface area contributed by atoms with E-state index in [9.17, 15) is 9.59 Å². The normalized spacial score (nSPS) is 10.5. The Bertz CT molecular complexity index is 779. The third-order valence-corrected chi connectivity index (χ3v) is 2.21. The van der Waals surface area contributed by atoms with Gasteiger partial charge < -0.3 is 5.73 Å². The van der Waals surface area contributed by atoms with Gasteiger partial charge in [0.15, 0.2) is 5.69 Å². The fourth-order valence-corrected chi connectivity index (χ4v) is 1.31. The van der Waals surface area contributed by atoms with Gasteiger partial charge in [-0.2, -0.15) is 10.4 Å². The van der Waals surface area contributed by atoms with Gasteiger partial charge in [0.25, 0.3) is 5.56 Å². The summed E-state index contributed by atoms with van der Waals surface area (Å²) in [6, 6.07) is 8.23. The molecule has 1 aromatic carbocycles. The van der Waals surface area contributed by atoms with E-state index in [1.165, 1.54) is 0 Å². The zero-order valence-corrected chi connectivity index (χ0v) is 9.54. The second-order valence-electron chi connectivity index (χ2n) is 3.53. The molecule has 2 aromatic rings. The van der Waals surface area contributed by atoms with E-state index >= 15 is 0 Å². The van der Waals surface area contributed by atoms with Crippen LogP contribution in [0.5, 0.6) is 0 Å². The second-order valence-corrected chi connectivity index (χ2v) is 3.53. The molecule has 0 bridgehead atoms. The summed E-state index contributed by atoms with van der Waals surface area (Å²) < 4.78 is 0. The van der Waals surface area contributed by atoms with Crippen LogP contribution in [0.4, 0.5) is 17.2 Å². The zero-order chi connectivity index (χ0) is 13.8. The summed E-state index contributed by atoms with van der Waals surface area (Å²) in [4.78, 5) is 26.5. The molecule has 8 heteroatoms. The van der Waals surface area contributed by atoms with E-state index < -0.39 is 11.2 Å². The van der Waals surface area contributed by atoms with Gasteiger partial charge in [-0.15, -0.1) is 5.11 Å². The summed E-state index contributed by atoms with van der Waals surface area (Å²) in [6.07, 6.45) is 0. The molecule has 0 aliphatic heterocycles. The van der Waals surface area contributed by atoms with Crippen molar-refractivity contribution >= 4 is 17.2 Å². The molecule has 2 rings (SSSR count). The van der Waals surface area contributed by atoms with Crippen molar-refractivity contribution in [3.05, 3.63) is 50.7 Å². The Morgan fingerprint density at radius 1 is 1.11 bits per heavy atom. The lowest BCUT2D eigenvalue weighted by Crippen LogP contribution is -2.23. The van der Waals surface area contributed by atoms with Crippen LogP contribution in [-0.4, -0.2) is 9.97 Å². The second kappa shape index (κ2) is 4.97. The maximum absolute atomic E-state index is 11.4. The maximum Gasteiger partial charge on any atom is 0.327 e. The van der Waals surface area contributed by atoms with Crippen molar-refractivity contribution in [2.45, 2.75) is 0 Å². The first kappa shape index (κ1) is 12.3. The van der Waals surface area contributed by atoms with Crippen LogP contribution < -0.4 is 17.0 Å². The lowest BCUT2D eigenvalue weighted by Gasteiger charge is -1.96. The summed E-state index contributed by atoms with van der Waals surface area (Å²) in [7, 11) is 0. The first-order chi connectivity index (χ1) is 9.10. The number of rotatable bonds is 2. The smallest absolute Gasteiger partial charge is 0.327 e. The lowest BCUT2D eigenvalue weighted by atomic mass is 10.2. The van der Waals surface area contributed by atoms with Gasteiger partial charge in [0.1, 0.15) is 5.82 Å². The number of hydrogen-bond donors (Lipinski definition) is 3. The highest BCUT2D eigenvalue weighted by Gasteiger charge is 2.04. The van der Waals surface area contributed by atoms with Gasteiger partial charge in [-0.1, -0.05) is 0 Å². The van der Waals surface area contributed by atoms with Crippen LogP contribution in [0, 0.1) is 11.3 Å². The van der Waals surface area contributed by atoms with Crippen LogP contribution in [0.3, 0.4) is 0 Å². The number of nitrogens with two attached hydrogens (primary N) is 1. The molecule has 0 aliphatic rings. The number of aromatic amines is 2. The largest absolute Gasteiger partial charge is 0.383 e. The molecule has 0 amide bonds. The highest BCUT2D eigenvalue weighted by molar-refractivity contribution is 5.54. The van der Waals surface area contributed by atoms with E-state index in [2.05, 4.69) is 15.2 Å². The highest BCUT2D eigenvalue weighted by Crippen LogP contribution is 2.18. The van der Waals surface area contributed by atoms with E-state index in [1.807, 2.05) is 11.1 Å². The molecule has 0 saturated carbocycles. The Kier molecular flexibility index (Phi) is 3.20. The molecule has 94 valence electrons. The molecule has 0 spiro atoms. The van der Waals surface area contributed by atoms with E-state index in [1.54, 1.807) is 24.3 Å². The Balaban J connectivity index is 2.35. The number of nitrogens with zero attached hydrogens (tertiary/aromatic N) is 3. The van der Waals surface area contributed by atoms with Crippen molar-refractivity contribution < 1.29 is 0 Å². The Morgan fingerprint density at radius 2 is 1.79 bits per heavy atom. The number of hydrogen-bond acceptors (Lipinski definition) is 6. The first-order valence-electron chi connectivity index (χ1n) is 5.14. The summed E-state index contributed by atoms with van der Waals surface area (Å²) in [5.41, 5.74) is 4.79. The van der Waals surface area contributed by atoms with Crippen molar-refractivity contribution in [3.8, 4) is 6.07 Å². The van der Waals surface area contributed by atoms with Crippen LogP contribution in [-0.2, 0) is 0 Å². The quantitative estimate of drug-likeness (QED) is 0.687. The predicted molar refractivity (Wildman–Crippen MR) is 67.4 cm³/mol. The van der Waals surface area contributed by atoms with Gasteiger partial charge in [0, 0.05) is 0 Å². The minimum Gasteiger partial charge on any atom is -0.383 e. The Hall–Kier alpha value is -3.21. The van der Waals surface area contributed by atoms with Crippen molar-refractivity contribution in [2.24, 2.45) is 10.2 Å². The minimum atomic E-state index is -0.723. The molecule has 1 heterocycles. The number of azo groups is 1. The third kappa shape index (κ3) is 2.73. The van der Waals surface area contributed by atoms with Crippen molar-refractivity contribution in [3.63, 3.8) is 0 Å². The molecule has 8 nitrogen and oxygen atoms in total. The molecule has 0 fully saturated rings. The molecule has 0 atom stereocenters. The minimum absolute atomic E-state index is 0.161. The molecule has 0 saturated heterocycles. The van der Waals surface area contributed by atoms with Crippen LogP contribution in [0.15, 0.2) is 44.1 Å². The molecular weight excluding hydrogens is 248 g/mol. The van der Waals surface area contributed by atoms with Crippen LogP contribution in [0.25, 0.3) is 0 Å². The average molecular weight is 256 g/mol. The molecule has 19 heavy (non-hydrogen) atoms. The van der Waals surface area contributed by atoms with Gasteiger partial charge in [-0.25, -0.2) is 4.79 Å². The summed E-state index contributed by atoms with van der Waals surface area (Å²) in [6.45, 7) is 0. The van der Waals surface area contributed by atoms with E-state index in [0.717, 1.165) is 0 Å². The van der Waals surface area contributed by atoms with Crippen LogP contribution in [0.1, 0.15) is 5.56 Å². The molecule has 4 N–H and O–H groups in total. The van der Waals surface area contributed by atoms with Crippen molar-refractivity contribution in [2.75, 3.05) is 5.73 Å². The van der Waals surface area contributed by atoms with E-state index in [0.29, 0.717) is 11.3 Å². The molecular formula is C11H8N6O2. The fourth-order valence-electron chi connectivity index (χ4n) is 1.31. The molecule has 0 radical (unpaired) electrons. The van der Waals surface area contributed by atoms with E-state index in [4.69, 9.17) is 11.0 Å². The van der Waals surface area contributed by atoms with Gasteiger partial charge >= 0.3 is 5.69 Å². The number of nitrogens with one attached hydrogen (secondary N) is 2. The zero-order valence-electron chi connectivity index (χ0n) is 9.54. The number of anilines is 1. The van der Waals surface area contributed by atoms with Gasteiger partial charge in [0.05, 0.1) is 17.3 Å². The maximum atomic E-state index is 11.4. The molecule has 0 unspecified atom stereocenters. The van der Waals surface area contributed by atoms with Gasteiger partial charge in [0.2, 0.25) is 0 Å². The summed E-state index contributed by atoms with van der Waals surface area (Å²) in [5.74, 6) is -0.161. The standard InChI is InChI=1S/C11H8N6O2/c12-5-6-1-3-7(4-2-6)16-17-8-9(13)14-11(19)15-10(8)18/h1-4H,(H4,13,14,15,18,19). The average Bonchev–Trinajstić information content (AvgIpc) is 2.38. The number of H-pyrrole nitrogens is 2. The topological polar surface area (TPSA) is 140 Å². The van der Waals surface area contributed by atoms with Gasteiger partial charge in [-0.05, 0) is 24.3 Å². The highest BCUT2D eigenvalue weighted by atomic mass is 16.2. The first-order valence-corrected chi connectivity index (χ1v) is 5.14. The van der Waals surface area contributed by atoms with Crippen LogP contribution in [0.2, 0.25) is 0 Å². The molecule has 0 aliphatic carbocycles. The van der Waals surface area contributed by atoms with Crippen molar-refractivity contribution in [1.29, 1.82) is 5.26 Å². The number of nitrogen functional groups attached to an aromatic ring is 1. The third-order valence-electron chi connectivity index (χ3n) is 2.21. The van der Waals surface area contributed by atoms with E-state index in [-0.39, 0.29) is 11.5 Å². The summed E-state index contributed by atoms with van der Waals surface area (Å²) >= 11 is 0.